The topological polar surface area (TPSA) is 51.3 Å². The van der Waals surface area contributed by atoms with E-state index in [9.17, 15) is 4.79 Å². The molecule has 0 aliphatic rings. The standard InChI is InChI=1S/C28H30N4O/c1-18-7-12-27(15-19(18)2)32-22(5)16-25(23(32)6)17-29-30-28(33)24-10-13-26(14-11-24)31-20(3)8-9-21(31)4/h7-17H,1-6H3,(H,30,33)/b29-17-. The van der Waals surface area contributed by atoms with Gasteiger partial charge >= 0.3 is 0 Å². The van der Waals surface area contributed by atoms with Gasteiger partial charge in [-0.25, -0.2) is 5.43 Å². The summed E-state index contributed by atoms with van der Waals surface area (Å²) in [6.45, 7) is 12.5. The van der Waals surface area contributed by atoms with E-state index in [2.05, 4.69) is 97.6 Å². The van der Waals surface area contributed by atoms with Gasteiger partial charge in [0.1, 0.15) is 0 Å². The number of nitrogens with one attached hydrogen (secondary N) is 1. The molecular formula is C28H30N4O. The Bertz CT molecular complexity index is 1330. The minimum Gasteiger partial charge on any atom is -0.319 e. The van der Waals surface area contributed by atoms with E-state index < -0.39 is 0 Å². The molecule has 33 heavy (non-hydrogen) atoms. The van der Waals surface area contributed by atoms with Crippen molar-refractivity contribution < 1.29 is 4.79 Å². The van der Waals surface area contributed by atoms with Gasteiger partial charge in [-0.2, -0.15) is 5.10 Å². The Morgan fingerprint density at radius 2 is 1.36 bits per heavy atom. The molecule has 1 amide bonds. The first kappa shape index (κ1) is 22.3. The molecule has 168 valence electrons. The van der Waals surface area contributed by atoms with Gasteiger partial charge in [-0.3, -0.25) is 4.79 Å². The van der Waals surface area contributed by atoms with E-state index in [1.54, 1.807) is 6.21 Å². The van der Waals surface area contributed by atoms with Crippen molar-refractivity contribution in [2.45, 2.75) is 41.5 Å². The number of hydrogen-bond acceptors (Lipinski definition) is 2. The number of aromatic nitrogens is 2. The van der Waals surface area contributed by atoms with Gasteiger partial charge < -0.3 is 9.13 Å². The zero-order chi connectivity index (χ0) is 23.7. The summed E-state index contributed by atoms with van der Waals surface area (Å²) in [5, 5.41) is 4.22. The van der Waals surface area contributed by atoms with Crippen LogP contribution in [0.3, 0.4) is 0 Å². The lowest BCUT2D eigenvalue weighted by Gasteiger charge is -2.11. The predicted octanol–water partition coefficient (Wildman–Crippen LogP) is 5.88. The van der Waals surface area contributed by atoms with Crippen molar-refractivity contribution in [2.75, 3.05) is 0 Å². The largest absolute Gasteiger partial charge is 0.319 e. The van der Waals surface area contributed by atoms with Crippen molar-refractivity contribution in [2.24, 2.45) is 5.10 Å². The van der Waals surface area contributed by atoms with Crippen molar-refractivity contribution in [3.05, 3.63) is 106 Å². The molecule has 0 aliphatic carbocycles. The number of rotatable bonds is 5. The molecule has 1 N–H and O–H groups in total. The molecule has 0 fully saturated rings. The zero-order valence-corrected chi connectivity index (χ0v) is 20.1. The highest BCUT2D eigenvalue weighted by atomic mass is 16.2. The average molecular weight is 439 g/mol. The van der Waals surface area contributed by atoms with E-state index >= 15 is 0 Å². The number of nitrogens with zero attached hydrogens (tertiary/aromatic N) is 3. The molecule has 0 saturated carbocycles. The van der Waals surface area contributed by atoms with Gasteiger partial charge in [-0.15, -0.1) is 0 Å². The first-order valence-electron chi connectivity index (χ1n) is 11.1. The number of carbonyl (C=O) groups excluding carboxylic acids is 1. The van der Waals surface area contributed by atoms with Crippen LogP contribution in [0.15, 0.2) is 65.8 Å². The smallest absolute Gasteiger partial charge is 0.271 e. The van der Waals surface area contributed by atoms with Crippen molar-refractivity contribution in [1.82, 2.24) is 14.6 Å². The lowest BCUT2D eigenvalue weighted by atomic mass is 10.1. The molecule has 0 bridgehead atoms. The monoisotopic (exact) mass is 438 g/mol. The minimum absolute atomic E-state index is 0.235. The van der Waals surface area contributed by atoms with Gasteiger partial charge in [0, 0.05) is 45.3 Å². The normalized spacial score (nSPS) is 11.3. The summed E-state index contributed by atoms with van der Waals surface area (Å²) in [6.07, 6.45) is 1.71. The van der Waals surface area contributed by atoms with E-state index in [1.165, 1.54) is 11.1 Å². The molecule has 4 aromatic rings. The van der Waals surface area contributed by atoms with Crippen molar-refractivity contribution in [1.29, 1.82) is 0 Å². The van der Waals surface area contributed by atoms with Gasteiger partial charge in [-0.05, 0) is 107 Å². The maximum Gasteiger partial charge on any atom is 0.271 e. The van der Waals surface area contributed by atoms with Gasteiger partial charge in [0.05, 0.1) is 6.21 Å². The zero-order valence-electron chi connectivity index (χ0n) is 20.1. The molecule has 0 spiro atoms. The maximum absolute atomic E-state index is 12.6. The minimum atomic E-state index is -0.235. The Balaban J connectivity index is 1.48. The van der Waals surface area contributed by atoms with Crippen molar-refractivity contribution >= 4 is 12.1 Å². The fourth-order valence-electron chi connectivity index (χ4n) is 4.24. The van der Waals surface area contributed by atoms with Crippen LogP contribution < -0.4 is 5.43 Å². The maximum atomic E-state index is 12.6. The molecule has 2 aromatic carbocycles. The number of amides is 1. The second kappa shape index (κ2) is 8.94. The molecule has 2 aromatic heterocycles. The highest BCUT2D eigenvalue weighted by Gasteiger charge is 2.11. The number of aryl methyl sites for hydroxylation is 5. The predicted molar refractivity (Wildman–Crippen MR) is 135 cm³/mol. The number of carbonyl (C=O) groups is 1. The van der Waals surface area contributed by atoms with Crippen LogP contribution in [0.1, 0.15) is 49.8 Å². The molecule has 0 saturated heterocycles. The molecule has 0 aliphatic heterocycles. The SMILES string of the molecule is Cc1ccc(-n2c(C)cc(/C=N\NC(=O)c3ccc(-n4c(C)ccc4C)cc3)c2C)cc1C. The fraction of sp³-hybridized carbons (Fsp3) is 0.214. The third kappa shape index (κ3) is 4.40. The number of hydrazone groups is 1. The van der Waals surface area contributed by atoms with Gasteiger partial charge in [-0.1, -0.05) is 6.07 Å². The van der Waals surface area contributed by atoms with Crippen molar-refractivity contribution in [3.8, 4) is 11.4 Å². The molecule has 0 unspecified atom stereocenters. The van der Waals surface area contributed by atoms with Gasteiger partial charge in [0.25, 0.3) is 5.91 Å². The van der Waals surface area contributed by atoms with Crippen LogP contribution in [-0.4, -0.2) is 21.3 Å². The Hall–Kier alpha value is -3.86. The molecule has 2 heterocycles. The van der Waals surface area contributed by atoms with E-state index in [0.717, 1.165) is 39.7 Å². The number of hydrogen-bond donors (Lipinski definition) is 1. The van der Waals surface area contributed by atoms with Gasteiger partial charge in [0.2, 0.25) is 0 Å². The Morgan fingerprint density at radius 1 is 0.727 bits per heavy atom. The third-order valence-corrected chi connectivity index (χ3v) is 6.25. The quantitative estimate of drug-likeness (QED) is 0.307. The van der Waals surface area contributed by atoms with E-state index in [4.69, 9.17) is 0 Å². The average Bonchev–Trinajstić information content (AvgIpc) is 3.27. The van der Waals surface area contributed by atoms with E-state index in [0.29, 0.717) is 5.56 Å². The molecule has 5 heteroatoms. The first-order valence-corrected chi connectivity index (χ1v) is 11.1. The summed E-state index contributed by atoms with van der Waals surface area (Å²) in [5.41, 5.74) is 13.4. The van der Waals surface area contributed by atoms with Crippen molar-refractivity contribution in [3.63, 3.8) is 0 Å². The van der Waals surface area contributed by atoms with E-state index in [1.807, 2.05) is 24.3 Å². The van der Waals surface area contributed by atoms with Crippen LogP contribution in [-0.2, 0) is 0 Å². The second-order valence-electron chi connectivity index (χ2n) is 8.63. The van der Waals surface area contributed by atoms with E-state index in [-0.39, 0.29) is 5.91 Å². The van der Waals surface area contributed by atoms with Crippen LogP contribution in [0.25, 0.3) is 11.4 Å². The second-order valence-corrected chi connectivity index (χ2v) is 8.63. The summed E-state index contributed by atoms with van der Waals surface area (Å²) in [6, 6.07) is 20.3. The third-order valence-electron chi connectivity index (χ3n) is 6.25. The van der Waals surface area contributed by atoms with Gasteiger partial charge in [0.15, 0.2) is 0 Å². The Morgan fingerprint density at radius 3 is 2.00 bits per heavy atom. The highest BCUT2D eigenvalue weighted by molar-refractivity contribution is 5.95. The van der Waals surface area contributed by atoms with Crippen LogP contribution in [0, 0.1) is 41.5 Å². The molecule has 5 nitrogen and oxygen atoms in total. The lowest BCUT2D eigenvalue weighted by molar-refractivity contribution is 0.0955. The highest BCUT2D eigenvalue weighted by Crippen LogP contribution is 2.22. The molecule has 4 rings (SSSR count). The van der Waals surface area contributed by atoms with Crippen LogP contribution >= 0.6 is 0 Å². The summed E-state index contributed by atoms with van der Waals surface area (Å²) >= 11 is 0. The van der Waals surface area contributed by atoms with Crippen LogP contribution in [0.4, 0.5) is 0 Å². The summed E-state index contributed by atoms with van der Waals surface area (Å²) in [7, 11) is 0. The summed E-state index contributed by atoms with van der Waals surface area (Å²) in [4.78, 5) is 12.6. The van der Waals surface area contributed by atoms with Crippen LogP contribution in [0.2, 0.25) is 0 Å². The molecular weight excluding hydrogens is 408 g/mol. The summed E-state index contributed by atoms with van der Waals surface area (Å²) < 4.78 is 4.37. The summed E-state index contributed by atoms with van der Waals surface area (Å²) in [5.74, 6) is -0.235. The Kier molecular flexibility index (Phi) is 6.05. The lowest BCUT2D eigenvalue weighted by Crippen LogP contribution is -2.17. The first-order chi connectivity index (χ1) is 15.8. The Labute approximate surface area is 195 Å². The van der Waals surface area contributed by atoms with Crippen LogP contribution in [0.5, 0.6) is 0 Å². The molecule has 0 radical (unpaired) electrons. The molecule has 0 atom stereocenters. The fourth-order valence-corrected chi connectivity index (χ4v) is 4.24. The number of benzene rings is 2.